The normalized spacial score (nSPS) is 21.5. The van der Waals surface area contributed by atoms with E-state index in [1.165, 1.54) is 17.0 Å². The second-order valence-corrected chi connectivity index (χ2v) is 7.90. The number of carbonyl (C=O) groups is 1. The lowest BCUT2D eigenvalue weighted by molar-refractivity contribution is -0.174. The van der Waals surface area contributed by atoms with Crippen molar-refractivity contribution in [2.24, 2.45) is 5.92 Å². The first-order valence-electron chi connectivity index (χ1n) is 9.81. The van der Waals surface area contributed by atoms with E-state index in [9.17, 15) is 18.0 Å². The van der Waals surface area contributed by atoms with Crippen LogP contribution in [-0.2, 0) is 0 Å². The van der Waals surface area contributed by atoms with E-state index < -0.39 is 24.2 Å². The summed E-state index contributed by atoms with van der Waals surface area (Å²) >= 11 is 0. The van der Waals surface area contributed by atoms with Gasteiger partial charge in [-0.3, -0.25) is 9.69 Å². The highest BCUT2D eigenvalue weighted by atomic mass is 19.4. The molecule has 3 heterocycles. The van der Waals surface area contributed by atoms with Crippen molar-refractivity contribution in [1.82, 2.24) is 14.9 Å². The summed E-state index contributed by atoms with van der Waals surface area (Å²) in [5.41, 5.74) is 1.26. The highest BCUT2D eigenvalue weighted by Crippen LogP contribution is 2.48. The molecule has 1 amide bonds. The molecule has 3 aromatic rings. The Balaban J connectivity index is 1.55. The Morgan fingerprint density at radius 3 is 2.57 bits per heavy atom. The lowest BCUT2D eigenvalue weighted by Crippen LogP contribution is -2.50. The van der Waals surface area contributed by atoms with Crippen LogP contribution in [-0.4, -0.2) is 33.1 Å². The predicted molar refractivity (Wildman–Crippen MR) is 102 cm³/mol. The minimum atomic E-state index is -4.44. The molecule has 2 atom stereocenters. The van der Waals surface area contributed by atoms with E-state index in [4.69, 9.17) is 4.52 Å². The van der Waals surface area contributed by atoms with Gasteiger partial charge >= 0.3 is 6.18 Å². The van der Waals surface area contributed by atoms with Gasteiger partial charge in [0.1, 0.15) is 5.82 Å². The number of halogens is 3. The second kappa shape index (κ2) is 6.72. The van der Waals surface area contributed by atoms with Crippen molar-refractivity contribution >= 4 is 11.7 Å². The average Bonchev–Trinajstić information content (AvgIpc) is 3.30. The first-order chi connectivity index (χ1) is 14.3. The average molecular weight is 416 g/mol. The summed E-state index contributed by atoms with van der Waals surface area (Å²) < 4.78 is 47.5. The van der Waals surface area contributed by atoms with Gasteiger partial charge in [-0.25, -0.2) is 4.68 Å². The van der Waals surface area contributed by atoms with Gasteiger partial charge in [-0.05, 0) is 32.1 Å². The molecule has 1 aliphatic carbocycles. The molecule has 1 aromatic carbocycles. The van der Waals surface area contributed by atoms with E-state index in [0.29, 0.717) is 11.5 Å². The summed E-state index contributed by atoms with van der Waals surface area (Å²) in [4.78, 5) is 14.8. The van der Waals surface area contributed by atoms with E-state index in [1.807, 2.05) is 30.3 Å². The number of hydrogen-bond donors (Lipinski definition) is 0. The fourth-order valence-corrected chi connectivity index (χ4v) is 4.17. The van der Waals surface area contributed by atoms with Crippen LogP contribution < -0.4 is 4.90 Å². The van der Waals surface area contributed by atoms with Crippen LogP contribution in [0.4, 0.5) is 19.0 Å². The summed E-state index contributed by atoms with van der Waals surface area (Å²) in [6.45, 7) is 1.62. The van der Waals surface area contributed by atoms with Gasteiger partial charge in [0.15, 0.2) is 17.5 Å². The van der Waals surface area contributed by atoms with Gasteiger partial charge in [0.2, 0.25) is 0 Å². The van der Waals surface area contributed by atoms with E-state index >= 15 is 0 Å². The molecule has 0 N–H and O–H groups in total. The van der Waals surface area contributed by atoms with Gasteiger partial charge in [0.05, 0.1) is 5.69 Å². The third kappa shape index (κ3) is 3.18. The molecule has 156 valence electrons. The van der Waals surface area contributed by atoms with E-state index in [-0.39, 0.29) is 23.9 Å². The van der Waals surface area contributed by atoms with Gasteiger partial charge in [-0.1, -0.05) is 35.5 Å². The number of aromatic nitrogens is 3. The standard InChI is InChI=1S/C21H19F3N4O2/c1-12-9-19-27(16(13-7-8-13)11-18(21(22,23)24)28(19)25-12)20(29)15-10-17(30-26-15)14-5-3-2-4-6-14/h2-6,9-10,13,16,18H,7-8,11H2,1H3/t16-,18+/m0/s1. The topological polar surface area (TPSA) is 64.2 Å². The van der Waals surface area contributed by atoms with Crippen molar-refractivity contribution in [3.05, 3.63) is 53.9 Å². The number of amides is 1. The van der Waals surface area contributed by atoms with Crippen molar-refractivity contribution in [2.75, 3.05) is 4.90 Å². The van der Waals surface area contributed by atoms with Crippen molar-refractivity contribution in [3.8, 4) is 11.3 Å². The summed E-state index contributed by atoms with van der Waals surface area (Å²) in [6.07, 6.45) is -3.04. The maximum atomic E-state index is 13.7. The maximum absolute atomic E-state index is 13.7. The Bertz CT molecular complexity index is 1090. The smallest absolute Gasteiger partial charge is 0.355 e. The summed E-state index contributed by atoms with van der Waals surface area (Å²) in [6, 6.07) is 9.97. The molecule has 1 saturated carbocycles. The fourth-order valence-electron chi connectivity index (χ4n) is 4.17. The molecule has 0 unspecified atom stereocenters. The van der Waals surface area contributed by atoms with Crippen molar-refractivity contribution in [2.45, 2.75) is 44.4 Å². The van der Waals surface area contributed by atoms with Crippen LogP contribution >= 0.6 is 0 Å². The van der Waals surface area contributed by atoms with Gasteiger partial charge < -0.3 is 4.52 Å². The number of aryl methyl sites for hydroxylation is 1. The minimum absolute atomic E-state index is 0.0447. The number of anilines is 1. The monoisotopic (exact) mass is 416 g/mol. The molecule has 5 rings (SSSR count). The Morgan fingerprint density at radius 1 is 1.17 bits per heavy atom. The summed E-state index contributed by atoms with van der Waals surface area (Å²) in [7, 11) is 0. The Hall–Kier alpha value is -3.10. The van der Waals surface area contributed by atoms with Crippen LogP contribution in [0.2, 0.25) is 0 Å². The zero-order chi connectivity index (χ0) is 21.0. The maximum Gasteiger partial charge on any atom is 0.410 e. The van der Waals surface area contributed by atoms with Crippen LogP contribution in [0.15, 0.2) is 47.0 Å². The molecule has 0 radical (unpaired) electrons. The largest absolute Gasteiger partial charge is 0.410 e. The number of fused-ring (bicyclic) bond motifs is 1. The summed E-state index contributed by atoms with van der Waals surface area (Å²) in [5.74, 6) is 0.159. The third-order valence-corrected chi connectivity index (χ3v) is 5.73. The SMILES string of the molecule is Cc1cc2n(n1)[C@@H](C(F)(F)F)C[C@@H](C1CC1)N2C(=O)c1cc(-c2ccccc2)on1. The second-order valence-electron chi connectivity index (χ2n) is 7.90. The van der Waals surface area contributed by atoms with E-state index in [0.717, 1.165) is 23.1 Å². The molecule has 2 aliphatic rings. The summed E-state index contributed by atoms with van der Waals surface area (Å²) in [5, 5.41) is 7.96. The van der Waals surface area contributed by atoms with Crippen LogP contribution in [0.1, 0.15) is 41.5 Å². The number of alkyl halides is 3. The molecule has 30 heavy (non-hydrogen) atoms. The number of carbonyl (C=O) groups excluding carboxylic acids is 1. The zero-order valence-corrected chi connectivity index (χ0v) is 16.1. The van der Waals surface area contributed by atoms with Crippen LogP contribution in [0.5, 0.6) is 0 Å². The zero-order valence-electron chi connectivity index (χ0n) is 16.1. The molecule has 0 saturated heterocycles. The first-order valence-corrected chi connectivity index (χ1v) is 9.81. The number of hydrogen-bond acceptors (Lipinski definition) is 4. The number of benzene rings is 1. The number of rotatable bonds is 3. The molecular weight excluding hydrogens is 397 g/mol. The van der Waals surface area contributed by atoms with Crippen molar-refractivity contribution in [3.63, 3.8) is 0 Å². The lowest BCUT2D eigenvalue weighted by atomic mass is 9.97. The van der Waals surface area contributed by atoms with Crippen LogP contribution in [0.25, 0.3) is 11.3 Å². The Morgan fingerprint density at radius 2 is 1.90 bits per heavy atom. The van der Waals surface area contributed by atoms with Gasteiger partial charge in [-0.15, -0.1) is 0 Å². The van der Waals surface area contributed by atoms with Crippen LogP contribution in [0, 0.1) is 12.8 Å². The molecule has 0 spiro atoms. The fraction of sp³-hybridized carbons (Fsp3) is 0.381. The molecular formula is C21H19F3N4O2. The quantitative estimate of drug-likeness (QED) is 0.617. The molecule has 6 nitrogen and oxygen atoms in total. The highest BCUT2D eigenvalue weighted by molar-refractivity contribution is 6.05. The third-order valence-electron chi connectivity index (χ3n) is 5.73. The van der Waals surface area contributed by atoms with Crippen molar-refractivity contribution in [1.29, 1.82) is 0 Å². The molecule has 1 aliphatic heterocycles. The van der Waals surface area contributed by atoms with Gasteiger partial charge in [0.25, 0.3) is 5.91 Å². The van der Waals surface area contributed by atoms with Gasteiger partial charge in [-0.2, -0.15) is 18.3 Å². The first kappa shape index (κ1) is 18.9. The lowest BCUT2D eigenvalue weighted by Gasteiger charge is -2.40. The number of nitrogens with zero attached hydrogens (tertiary/aromatic N) is 4. The molecule has 1 fully saturated rings. The van der Waals surface area contributed by atoms with E-state index in [2.05, 4.69) is 10.3 Å². The Kier molecular flexibility index (Phi) is 4.23. The molecule has 2 aromatic heterocycles. The van der Waals surface area contributed by atoms with Gasteiger partial charge in [0, 0.05) is 23.7 Å². The minimum Gasteiger partial charge on any atom is -0.355 e. The van der Waals surface area contributed by atoms with Crippen molar-refractivity contribution < 1.29 is 22.5 Å². The highest BCUT2D eigenvalue weighted by Gasteiger charge is 2.53. The predicted octanol–water partition coefficient (Wildman–Crippen LogP) is 4.78. The van der Waals surface area contributed by atoms with E-state index in [1.54, 1.807) is 6.92 Å². The van der Waals surface area contributed by atoms with Crippen LogP contribution in [0.3, 0.4) is 0 Å². The molecule has 9 heteroatoms. The molecule has 0 bridgehead atoms. The Labute approximate surface area is 170 Å².